The highest BCUT2D eigenvalue weighted by atomic mass is 32.2. The van der Waals surface area contributed by atoms with Crippen molar-refractivity contribution >= 4 is 33.8 Å². The lowest BCUT2D eigenvalue weighted by Crippen LogP contribution is -2.28. The highest BCUT2D eigenvalue weighted by Crippen LogP contribution is 2.23. The van der Waals surface area contributed by atoms with Crippen LogP contribution in [0.3, 0.4) is 0 Å². The van der Waals surface area contributed by atoms with Crippen LogP contribution < -0.4 is 5.32 Å². The molecule has 3 rings (SSSR count). The zero-order chi connectivity index (χ0) is 24.0. The maximum absolute atomic E-state index is 13.1. The Morgan fingerprint density at radius 1 is 1.12 bits per heavy atom. The van der Waals surface area contributed by atoms with E-state index >= 15 is 0 Å². The highest BCUT2D eigenvalue weighted by Gasteiger charge is 2.25. The molecule has 0 bridgehead atoms. The number of nitrogens with zero attached hydrogens (tertiary/aromatic N) is 1. The SMILES string of the molecule is C=CC(Nc1ncccc1C)S(=O)(=O)c1ccc(C=Cc2ccc(O)c(C(=O)OC)c2)cc1. The molecule has 0 spiro atoms. The number of rotatable bonds is 8. The number of benzene rings is 2. The number of aromatic hydroxyl groups is 1. The van der Waals surface area contributed by atoms with Crippen molar-refractivity contribution in [3.63, 3.8) is 0 Å². The van der Waals surface area contributed by atoms with Gasteiger partial charge in [-0.1, -0.05) is 49.1 Å². The first kappa shape index (κ1) is 23.7. The summed E-state index contributed by atoms with van der Waals surface area (Å²) in [7, 11) is -2.51. The molecule has 1 heterocycles. The number of aromatic nitrogens is 1. The molecule has 0 radical (unpaired) electrons. The van der Waals surface area contributed by atoms with Gasteiger partial charge in [-0.15, -0.1) is 0 Å². The number of nitrogens with one attached hydrogen (secondary N) is 1. The molecular weight excluding hydrogens is 440 g/mol. The van der Waals surface area contributed by atoms with E-state index in [2.05, 4.69) is 21.6 Å². The first-order valence-electron chi connectivity index (χ1n) is 10.0. The van der Waals surface area contributed by atoms with Crippen LogP contribution in [0.2, 0.25) is 0 Å². The monoisotopic (exact) mass is 464 g/mol. The van der Waals surface area contributed by atoms with Crippen molar-refractivity contribution in [3.05, 3.63) is 95.7 Å². The third-order valence-electron chi connectivity index (χ3n) is 4.94. The minimum Gasteiger partial charge on any atom is -0.507 e. The number of esters is 1. The van der Waals surface area contributed by atoms with E-state index in [0.29, 0.717) is 11.4 Å². The molecule has 0 saturated heterocycles. The summed E-state index contributed by atoms with van der Waals surface area (Å²) in [5.41, 5.74) is 2.31. The third-order valence-corrected chi connectivity index (χ3v) is 6.85. The summed E-state index contributed by atoms with van der Waals surface area (Å²) in [4.78, 5) is 16.1. The molecule has 2 aromatic carbocycles. The molecule has 0 aliphatic heterocycles. The fourth-order valence-electron chi connectivity index (χ4n) is 3.07. The number of aryl methyl sites for hydroxylation is 1. The minimum atomic E-state index is -3.75. The number of phenolic OH excluding ortho intramolecular Hbond substituents is 1. The molecule has 0 amide bonds. The Hall–Kier alpha value is -3.91. The molecule has 1 atom stereocenters. The van der Waals surface area contributed by atoms with Gasteiger partial charge < -0.3 is 15.2 Å². The van der Waals surface area contributed by atoms with Crippen LogP contribution >= 0.6 is 0 Å². The third kappa shape index (κ3) is 5.48. The largest absolute Gasteiger partial charge is 0.507 e. The lowest BCUT2D eigenvalue weighted by Gasteiger charge is -2.17. The van der Waals surface area contributed by atoms with E-state index in [1.54, 1.807) is 42.6 Å². The predicted molar refractivity (Wildman–Crippen MR) is 129 cm³/mol. The van der Waals surface area contributed by atoms with E-state index in [1.807, 2.05) is 13.0 Å². The Morgan fingerprint density at radius 2 is 1.79 bits per heavy atom. The summed E-state index contributed by atoms with van der Waals surface area (Å²) in [6.07, 6.45) is 6.43. The number of methoxy groups -OCH3 is 1. The van der Waals surface area contributed by atoms with E-state index in [9.17, 15) is 18.3 Å². The normalized spacial score (nSPS) is 12.3. The number of anilines is 1. The van der Waals surface area contributed by atoms with Gasteiger partial charge in [0, 0.05) is 6.20 Å². The predicted octanol–water partition coefficient (Wildman–Crippen LogP) is 4.45. The first-order valence-corrected chi connectivity index (χ1v) is 11.5. The van der Waals surface area contributed by atoms with Gasteiger partial charge in [-0.25, -0.2) is 18.2 Å². The van der Waals surface area contributed by atoms with E-state index in [1.165, 1.54) is 37.5 Å². The molecule has 8 heteroatoms. The fourth-order valence-corrected chi connectivity index (χ4v) is 4.40. The smallest absolute Gasteiger partial charge is 0.341 e. The zero-order valence-electron chi connectivity index (χ0n) is 18.2. The van der Waals surface area contributed by atoms with E-state index in [0.717, 1.165) is 11.1 Å². The standard InChI is InChI=1S/C25H24N2O5S/c1-4-23(27-24-17(2)6-5-15-26-24)33(30,31)20-12-9-18(10-13-20)7-8-19-11-14-22(28)21(16-19)25(29)32-3/h4-16,23,28H,1H2,2-3H3,(H,26,27). The van der Waals surface area contributed by atoms with Gasteiger partial charge in [-0.3, -0.25) is 0 Å². The number of hydrogen-bond donors (Lipinski definition) is 2. The second-order valence-electron chi connectivity index (χ2n) is 7.19. The van der Waals surface area contributed by atoms with Crippen molar-refractivity contribution in [2.45, 2.75) is 17.2 Å². The number of phenols is 1. The fraction of sp³-hybridized carbons (Fsp3) is 0.120. The minimum absolute atomic E-state index is 0.0622. The molecule has 1 aromatic heterocycles. The molecular formula is C25H24N2O5S. The van der Waals surface area contributed by atoms with Crippen LogP contribution in [-0.2, 0) is 14.6 Å². The lowest BCUT2D eigenvalue weighted by molar-refractivity contribution is 0.0597. The van der Waals surface area contributed by atoms with Crippen molar-refractivity contribution in [2.24, 2.45) is 0 Å². The maximum atomic E-state index is 13.1. The molecule has 3 aromatic rings. The summed E-state index contributed by atoms with van der Waals surface area (Å²) in [5.74, 6) is -0.325. The Balaban J connectivity index is 1.79. The number of ether oxygens (including phenoxy) is 1. The summed E-state index contributed by atoms with van der Waals surface area (Å²) in [6, 6.07) is 14.6. The number of carbonyl (C=O) groups is 1. The zero-order valence-corrected chi connectivity index (χ0v) is 19.0. The van der Waals surface area contributed by atoms with Gasteiger partial charge in [0.05, 0.1) is 12.0 Å². The molecule has 1 unspecified atom stereocenters. The van der Waals surface area contributed by atoms with Crippen molar-refractivity contribution in [2.75, 3.05) is 12.4 Å². The van der Waals surface area contributed by atoms with Gasteiger partial charge in [0.15, 0.2) is 5.37 Å². The Labute approximate surface area is 193 Å². The van der Waals surface area contributed by atoms with Gasteiger partial charge >= 0.3 is 5.97 Å². The van der Waals surface area contributed by atoms with Crippen LogP contribution in [0, 0.1) is 6.92 Å². The number of hydrogen-bond acceptors (Lipinski definition) is 7. The van der Waals surface area contributed by atoms with Gasteiger partial charge in [0.2, 0.25) is 9.84 Å². The number of carbonyl (C=O) groups excluding carboxylic acids is 1. The van der Waals surface area contributed by atoms with Crippen LogP contribution in [0.5, 0.6) is 5.75 Å². The Kier molecular flexibility index (Phi) is 7.30. The van der Waals surface area contributed by atoms with Gasteiger partial charge in [-0.05, 0) is 53.9 Å². The second-order valence-corrected chi connectivity index (χ2v) is 9.25. The van der Waals surface area contributed by atoms with E-state index in [4.69, 9.17) is 0 Å². The summed E-state index contributed by atoms with van der Waals surface area (Å²) in [6.45, 7) is 5.50. The molecule has 33 heavy (non-hydrogen) atoms. The second kappa shape index (κ2) is 10.1. The molecule has 0 aliphatic rings. The van der Waals surface area contributed by atoms with Crippen molar-refractivity contribution < 1.29 is 23.1 Å². The van der Waals surface area contributed by atoms with Crippen molar-refractivity contribution in [3.8, 4) is 5.75 Å². The summed E-state index contributed by atoms with van der Waals surface area (Å²) < 4.78 is 30.8. The molecule has 0 aliphatic carbocycles. The van der Waals surface area contributed by atoms with Gasteiger partial charge in [0.1, 0.15) is 17.1 Å². The van der Waals surface area contributed by atoms with Gasteiger partial charge in [-0.2, -0.15) is 0 Å². The van der Waals surface area contributed by atoms with Crippen LogP contribution in [0.25, 0.3) is 12.2 Å². The van der Waals surface area contributed by atoms with E-state index in [-0.39, 0.29) is 16.2 Å². The van der Waals surface area contributed by atoms with Crippen LogP contribution in [0.4, 0.5) is 5.82 Å². The van der Waals surface area contributed by atoms with Gasteiger partial charge in [0.25, 0.3) is 0 Å². The molecule has 7 nitrogen and oxygen atoms in total. The Morgan fingerprint density at radius 3 is 2.42 bits per heavy atom. The van der Waals surface area contributed by atoms with E-state index < -0.39 is 21.2 Å². The molecule has 0 saturated carbocycles. The average molecular weight is 465 g/mol. The average Bonchev–Trinajstić information content (AvgIpc) is 2.82. The molecule has 2 N–H and O–H groups in total. The molecule has 170 valence electrons. The lowest BCUT2D eigenvalue weighted by atomic mass is 10.1. The molecule has 0 fully saturated rings. The maximum Gasteiger partial charge on any atom is 0.341 e. The number of pyridine rings is 1. The highest BCUT2D eigenvalue weighted by molar-refractivity contribution is 7.92. The van der Waals surface area contributed by atoms with Crippen molar-refractivity contribution in [1.29, 1.82) is 0 Å². The quantitative estimate of drug-likeness (QED) is 0.288. The van der Waals surface area contributed by atoms with Crippen molar-refractivity contribution in [1.82, 2.24) is 4.98 Å². The number of sulfone groups is 1. The summed E-state index contributed by atoms with van der Waals surface area (Å²) in [5, 5.41) is 11.7. The van der Waals surface area contributed by atoms with Crippen LogP contribution in [0.15, 0.2) is 78.3 Å². The van der Waals surface area contributed by atoms with Crippen LogP contribution in [0.1, 0.15) is 27.0 Å². The first-order chi connectivity index (χ1) is 15.8. The Bertz CT molecular complexity index is 1300. The van der Waals surface area contributed by atoms with Crippen LogP contribution in [-0.4, -0.2) is 37.0 Å². The topological polar surface area (TPSA) is 106 Å². The summed E-state index contributed by atoms with van der Waals surface area (Å²) >= 11 is 0.